The average molecular weight is 487 g/mol. The van der Waals surface area contributed by atoms with E-state index >= 15 is 0 Å². The highest BCUT2D eigenvalue weighted by atomic mass is 16.6. The molecule has 0 aromatic rings. The number of esters is 3. The lowest BCUT2D eigenvalue weighted by molar-refractivity contribution is -0.197. The second-order valence-corrected chi connectivity index (χ2v) is 10.9. The maximum absolute atomic E-state index is 13.6. The monoisotopic (exact) mass is 486 g/mol. The highest BCUT2D eigenvalue weighted by molar-refractivity contribution is 6.01. The largest absolute Gasteiger partial charge is 0.469 e. The van der Waals surface area contributed by atoms with Crippen molar-refractivity contribution in [2.75, 3.05) is 13.7 Å². The molecule has 0 aromatic heterocycles. The number of Topliss-reactive ketones (excluding diaryl/α,β-unsaturated/α-hetero) is 1. The first-order valence-corrected chi connectivity index (χ1v) is 12.3. The lowest BCUT2D eigenvalue weighted by Crippen LogP contribution is -2.62. The van der Waals surface area contributed by atoms with Crippen molar-refractivity contribution in [2.45, 2.75) is 65.4 Å². The minimum atomic E-state index is -1.49. The third-order valence-electron chi connectivity index (χ3n) is 9.32. The Balaban J connectivity index is 1.81. The quantitative estimate of drug-likeness (QED) is 0.430. The molecule has 3 fully saturated rings. The zero-order valence-electron chi connectivity index (χ0n) is 21.1. The van der Waals surface area contributed by atoms with Gasteiger partial charge in [0.15, 0.2) is 18.0 Å². The predicted octanol–water partition coefficient (Wildman–Crippen LogP) is 3.13. The van der Waals surface area contributed by atoms with Crippen LogP contribution < -0.4 is 0 Å². The number of methoxy groups -OCH3 is 1. The van der Waals surface area contributed by atoms with E-state index in [0.29, 0.717) is 12.8 Å². The molecule has 0 unspecified atom stereocenters. The van der Waals surface area contributed by atoms with Crippen molar-refractivity contribution < 1.29 is 38.2 Å². The molecule has 4 aliphatic carbocycles. The molecule has 8 nitrogen and oxygen atoms in total. The van der Waals surface area contributed by atoms with Crippen LogP contribution in [0.3, 0.4) is 0 Å². The van der Waals surface area contributed by atoms with E-state index in [1.165, 1.54) is 21.0 Å². The number of ether oxygens (including phenoxy) is 3. The van der Waals surface area contributed by atoms with Crippen LogP contribution in [-0.2, 0) is 38.2 Å². The van der Waals surface area contributed by atoms with Gasteiger partial charge in [0.25, 0.3) is 0 Å². The van der Waals surface area contributed by atoms with Gasteiger partial charge in [0, 0.05) is 24.7 Å². The molecular weight excluding hydrogens is 452 g/mol. The fourth-order valence-corrected chi connectivity index (χ4v) is 7.96. The summed E-state index contributed by atoms with van der Waals surface area (Å²) in [6.45, 7) is 6.01. The Morgan fingerprint density at radius 3 is 2.43 bits per heavy atom. The van der Waals surface area contributed by atoms with Crippen molar-refractivity contribution in [3.63, 3.8) is 0 Å². The van der Waals surface area contributed by atoms with E-state index in [-0.39, 0.29) is 35.9 Å². The number of hydrogen-bond donors (Lipinski definition) is 0. The Morgan fingerprint density at radius 1 is 1.09 bits per heavy atom. The van der Waals surface area contributed by atoms with Gasteiger partial charge in [-0.05, 0) is 62.0 Å². The first-order chi connectivity index (χ1) is 16.4. The summed E-state index contributed by atoms with van der Waals surface area (Å²) in [5.41, 5.74) is -1.79. The number of rotatable bonds is 5. The maximum atomic E-state index is 13.6. The second kappa shape index (κ2) is 8.71. The molecule has 3 saturated carbocycles. The third-order valence-corrected chi connectivity index (χ3v) is 9.32. The zero-order chi connectivity index (χ0) is 25.8. The fourth-order valence-electron chi connectivity index (χ4n) is 7.96. The summed E-state index contributed by atoms with van der Waals surface area (Å²) in [5, 5.41) is 0. The van der Waals surface area contributed by atoms with Crippen molar-refractivity contribution in [1.29, 1.82) is 0 Å². The summed E-state index contributed by atoms with van der Waals surface area (Å²) in [5.74, 6) is -2.68. The Hall–Kier alpha value is -2.77. The summed E-state index contributed by atoms with van der Waals surface area (Å²) in [6, 6.07) is 0. The molecule has 0 aromatic carbocycles. The summed E-state index contributed by atoms with van der Waals surface area (Å²) >= 11 is 0. The van der Waals surface area contributed by atoms with E-state index in [1.807, 2.05) is 13.0 Å². The molecule has 0 amide bonds. The Labute approximate surface area is 205 Å². The van der Waals surface area contributed by atoms with Gasteiger partial charge in [-0.25, -0.2) is 0 Å². The van der Waals surface area contributed by atoms with Crippen LogP contribution in [0, 0.1) is 34.5 Å². The van der Waals surface area contributed by atoms with Crippen LogP contribution in [0.15, 0.2) is 23.8 Å². The Bertz CT molecular complexity index is 1040. The van der Waals surface area contributed by atoms with Crippen LogP contribution in [0.1, 0.15) is 59.8 Å². The van der Waals surface area contributed by atoms with Crippen LogP contribution in [0.4, 0.5) is 0 Å². The maximum Gasteiger partial charge on any atom is 0.309 e. The molecule has 0 radical (unpaired) electrons. The highest BCUT2D eigenvalue weighted by Gasteiger charge is 2.71. The van der Waals surface area contributed by atoms with Gasteiger partial charge in [-0.1, -0.05) is 25.5 Å². The molecule has 0 bridgehead atoms. The molecule has 4 aliphatic rings. The molecule has 0 spiro atoms. The number of carbonyl (C=O) groups is 5. The molecule has 4 rings (SSSR count). The highest BCUT2D eigenvalue weighted by Crippen LogP contribution is 2.69. The second-order valence-electron chi connectivity index (χ2n) is 10.9. The van der Waals surface area contributed by atoms with Gasteiger partial charge in [0.05, 0.1) is 13.0 Å². The van der Waals surface area contributed by atoms with Crippen molar-refractivity contribution in [3.8, 4) is 0 Å². The predicted molar refractivity (Wildman–Crippen MR) is 124 cm³/mol. The Kier molecular flexibility index (Phi) is 6.31. The van der Waals surface area contributed by atoms with Gasteiger partial charge in [0.2, 0.25) is 5.78 Å². The van der Waals surface area contributed by atoms with E-state index in [2.05, 4.69) is 6.92 Å². The van der Waals surface area contributed by atoms with Crippen LogP contribution in [0.25, 0.3) is 0 Å². The van der Waals surface area contributed by atoms with Crippen molar-refractivity contribution >= 4 is 29.5 Å². The van der Waals surface area contributed by atoms with E-state index in [1.54, 1.807) is 12.2 Å². The van der Waals surface area contributed by atoms with Gasteiger partial charge < -0.3 is 14.2 Å². The summed E-state index contributed by atoms with van der Waals surface area (Å²) in [6.07, 6.45) is 7.91. The van der Waals surface area contributed by atoms with Gasteiger partial charge >= 0.3 is 17.9 Å². The lowest BCUT2D eigenvalue weighted by Gasteiger charge is -2.60. The van der Waals surface area contributed by atoms with Crippen LogP contribution >= 0.6 is 0 Å². The fraction of sp³-hybridized carbons (Fsp3) is 0.667. The van der Waals surface area contributed by atoms with E-state index in [0.717, 1.165) is 18.4 Å². The summed E-state index contributed by atoms with van der Waals surface area (Å²) < 4.78 is 16.1. The smallest absolute Gasteiger partial charge is 0.309 e. The zero-order valence-corrected chi connectivity index (χ0v) is 21.1. The minimum absolute atomic E-state index is 0.00145. The number of hydrogen-bond acceptors (Lipinski definition) is 8. The van der Waals surface area contributed by atoms with E-state index in [4.69, 9.17) is 14.2 Å². The van der Waals surface area contributed by atoms with Crippen molar-refractivity contribution in [3.05, 3.63) is 23.8 Å². The van der Waals surface area contributed by atoms with Gasteiger partial charge in [-0.15, -0.1) is 0 Å². The average Bonchev–Trinajstić information content (AvgIpc) is 3.09. The SMILES string of the molecule is COC(=O)[C@@H]1C[C@]2(C)[C@H](CC[C@]2(OC(C)=O)C(=O)COC(C)=O)[C@@H]2CCC3=CC(=O)C=C[C@]3(C)[C@@H]21. The first-order valence-electron chi connectivity index (χ1n) is 12.3. The van der Waals surface area contributed by atoms with Gasteiger partial charge in [-0.3, -0.25) is 24.0 Å². The first kappa shape index (κ1) is 25.3. The normalized spacial score (nSPS) is 39.5. The van der Waals surface area contributed by atoms with Gasteiger partial charge in [0.1, 0.15) is 0 Å². The molecule has 0 aliphatic heterocycles. The molecule has 0 N–H and O–H groups in total. The molecule has 190 valence electrons. The van der Waals surface area contributed by atoms with Crippen LogP contribution in [-0.4, -0.2) is 48.8 Å². The molecule has 0 heterocycles. The number of ketones is 2. The standard InChI is InChI=1S/C27H34O8/c1-15(28)34-14-22(31)27(35-16(2)29)11-9-21-19-7-6-17-12-18(30)8-10-25(17,3)23(19)20(24(32)33-5)13-26(21,27)4/h8,10,12,19-21,23H,6-7,9,11,13-14H2,1-5H3/t19-,20+,21+,23-,25-,26+,27-/m0/s1. The molecule has 35 heavy (non-hydrogen) atoms. The summed E-state index contributed by atoms with van der Waals surface area (Å²) in [4.78, 5) is 62.6. The lowest BCUT2D eigenvalue weighted by atomic mass is 9.44. The third kappa shape index (κ3) is 3.76. The molecule has 0 saturated heterocycles. The number of fused-ring (bicyclic) bond motifs is 5. The Morgan fingerprint density at radius 2 is 1.80 bits per heavy atom. The van der Waals surface area contributed by atoms with Crippen molar-refractivity contribution in [1.82, 2.24) is 0 Å². The van der Waals surface area contributed by atoms with Crippen molar-refractivity contribution in [2.24, 2.45) is 34.5 Å². The van der Waals surface area contributed by atoms with Crippen LogP contribution in [0.5, 0.6) is 0 Å². The molecule has 8 heteroatoms. The number of allylic oxidation sites excluding steroid dienone is 4. The topological polar surface area (TPSA) is 113 Å². The molecule has 7 atom stereocenters. The molecular formula is C27H34O8. The minimum Gasteiger partial charge on any atom is -0.469 e. The summed E-state index contributed by atoms with van der Waals surface area (Å²) in [7, 11) is 1.35. The van der Waals surface area contributed by atoms with E-state index < -0.39 is 46.7 Å². The number of carbonyl (C=O) groups excluding carboxylic acids is 5. The van der Waals surface area contributed by atoms with E-state index in [9.17, 15) is 24.0 Å². The van der Waals surface area contributed by atoms with Gasteiger partial charge in [-0.2, -0.15) is 0 Å². The van der Waals surface area contributed by atoms with Crippen LogP contribution in [0.2, 0.25) is 0 Å².